The van der Waals surface area contributed by atoms with Gasteiger partial charge < -0.3 is 8.83 Å². The molecule has 0 aromatic carbocycles. The van der Waals surface area contributed by atoms with Crippen molar-refractivity contribution in [3.05, 3.63) is 47.3 Å². The van der Waals surface area contributed by atoms with E-state index < -0.39 is 0 Å². The zero-order chi connectivity index (χ0) is 21.4. The van der Waals surface area contributed by atoms with Crippen LogP contribution < -0.4 is 0 Å². The summed E-state index contributed by atoms with van der Waals surface area (Å²) in [4.78, 5) is 0. The van der Waals surface area contributed by atoms with Crippen LogP contribution in [0.1, 0.15) is 140 Å². The van der Waals surface area contributed by atoms with Crippen LogP contribution in [0.4, 0.5) is 0 Å². The Kier molecular flexibility index (Phi) is 12.7. The first kappa shape index (κ1) is 24.8. The van der Waals surface area contributed by atoms with Gasteiger partial charge in [0.05, 0.1) is 5.92 Å². The van der Waals surface area contributed by atoms with Crippen molar-refractivity contribution in [2.24, 2.45) is 0 Å². The highest BCUT2D eigenvalue weighted by molar-refractivity contribution is 5.22. The predicted molar refractivity (Wildman–Crippen MR) is 128 cm³/mol. The topological polar surface area (TPSA) is 26.3 Å². The molecule has 0 N–H and O–H groups in total. The number of aryl methyl sites for hydroxylation is 2. The first-order valence-corrected chi connectivity index (χ1v) is 13.0. The average molecular weight is 415 g/mol. The first-order chi connectivity index (χ1) is 14.8. The van der Waals surface area contributed by atoms with E-state index in [9.17, 15) is 0 Å². The highest BCUT2D eigenvalue weighted by Crippen LogP contribution is 2.33. The molecule has 0 saturated carbocycles. The van der Waals surface area contributed by atoms with E-state index in [2.05, 4.69) is 45.0 Å². The summed E-state index contributed by atoms with van der Waals surface area (Å²) in [6, 6.07) is 8.74. The molecule has 2 aromatic heterocycles. The maximum Gasteiger partial charge on any atom is 0.114 e. The molecule has 2 aromatic rings. The van der Waals surface area contributed by atoms with Crippen LogP contribution in [0.5, 0.6) is 0 Å². The van der Waals surface area contributed by atoms with E-state index >= 15 is 0 Å². The minimum atomic E-state index is 0.264. The molecule has 0 aliphatic rings. The zero-order valence-corrected chi connectivity index (χ0v) is 20.0. The fourth-order valence-corrected chi connectivity index (χ4v) is 4.22. The fourth-order valence-electron chi connectivity index (χ4n) is 4.22. The van der Waals surface area contributed by atoms with Gasteiger partial charge >= 0.3 is 0 Å². The van der Waals surface area contributed by atoms with Crippen molar-refractivity contribution in [3.8, 4) is 0 Å². The molecule has 2 heteroatoms. The number of furan rings is 2. The largest absolute Gasteiger partial charge is 0.465 e. The lowest BCUT2D eigenvalue weighted by atomic mass is 9.95. The summed E-state index contributed by atoms with van der Waals surface area (Å²) in [5.41, 5.74) is 0. The molecule has 2 heterocycles. The minimum Gasteiger partial charge on any atom is -0.465 e. The number of hydrogen-bond donors (Lipinski definition) is 0. The normalized spacial score (nSPS) is 11.6. The Balaban J connectivity index is 1.88. The summed E-state index contributed by atoms with van der Waals surface area (Å²) < 4.78 is 12.5. The van der Waals surface area contributed by atoms with Gasteiger partial charge in [-0.05, 0) is 43.5 Å². The maximum atomic E-state index is 6.27. The smallest absolute Gasteiger partial charge is 0.114 e. The lowest BCUT2D eigenvalue weighted by molar-refractivity contribution is 0.377. The third-order valence-electron chi connectivity index (χ3n) is 6.20. The second-order valence-corrected chi connectivity index (χ2v) is 8.98. The molecule has 0 saturated heterocycles. The molecule has 2 rings (SSSR count). The lowest BCUT2D eigenvalue weighted by Crippen LogP contribution is -1.99. The third kappa shape index (κ3) is 9.14. The molecule has 0 radical (unpaired) electrons. The summed E-state index contributed by atoms with van der Waals surface area (Å²) in [7, 11) is 0. The van der Waals surface area contributed by atoms with Crippen LogP contribution in [0, 0.1) is 0 Å². The second kappa shape index (κ2) is 15.4. The first-order valence-electron chi connectivity index (χ1n) is 13.0. The van der Waals surface area contributed by atoms with E-state index in [1.54, 1.807) is 0 Å². The molecule has 2 nitrogen and oxygen atoms in total. The molecular formula is C28H46O2. The summed E-state index contributed by atoms with van der Waals surface area (Å²) in [5, 5.41) is 0. The van der Waals surface area contributed by atoms with Crippen LogP contribution in [0.2, 0.25) is 0 Å². The van der Waals surface area contributed by atoms with E-state index in [0.29, 0.717) is 0 Å². The number of rotatable bonds is 18. The summed E-state index contributed by atoms with van der Waals surface area (Å²) in [6.45, 7) is 6.75. The van der Waals surface area contributed by atoms with E-state index in [1.807, 2.05) is 0 Å². The van der Waals surface area contributed by atoms with Gasteiger partial charge in [0.15, 0.2) is 0 Å². The molecule has 0 spiro atoms. The van der Waals surface area contributed by atoms with Gasteiger partial charge in [0.2, 0.25) is 0 Å². The lowest BCUT2D eigenvalue weighted by Gasteiger charge is -2.13. The molecule has 0 atom stereocenters. The number of hydrogen-bond acceptors (Lipinski definition) is 2. The SMILES string of the molecule is CCCCCCCCCCCC(c1ccc(CCCC)o1)c1ccc(CCCC)o1. The molecule has 0 amide bonds. The van der Waals surface area contributed by atoms with Crippen LogP contribution >= 0.6 is 0 Å². The zero-order valence-electron chi connectivity index (χ0n) is 20.0. The molecule has 0 fully saturated rings. The van der Waals surface area contributed by atoms with E-state index in [0.717, 1.165) is 42.3 Å². The Labute approximate surface area is 185 Å². The Morgan fingerprint density at radius 3 is 1.43 bits per heavy atom. The highest BCUT2D eigenvalue weighted by atomic mass is 16.4. The van der Waals surface area contributed by atoms with Crippen LogP contribution in [0.15, 0.2) is 33.1 Å². The fraction of sp³-hybridized carbons (Fsp3) is 0.714. The summed E-state index contributed by atoms with van der Waals surface area (Å²) in [5.74, 6) is 4.71. The van der Waals surface area contributed by atoms with Crippen molar-refractivity contribution in [2.45, 2.75) is 129 Å². The Hall–Kier alpha value is -1.44. The Bertz CT molecular complexity index is 605. The van der Waals surface area contributed by atoms with E-state index in [1.165, 1.54) is 83.5 Å². The summed E-state index contributed by atoms with van der Waals surface area (Å²) in [6.07, 6.45) is 20.3. The molecule has 0 unspecified atom stereocenters. The summed E-state index contributed by atoms with van der Waals surface area (Å²) >= 11 is 0. The Morgan fingerprint density at radius 1 is 0.533 bits per heavy atom. The van der Waals surface area contributed by atoms with Crippen molar-refractivity contribution in [3.63, 3.8) is 0 Å². The quantitative estimate of drug-likeness (QED) is 0.227. The van der Waals surface area contributed by atoms with Crippen molar-refractivity contribution in [1.82, 2.24) is 0 Å². The molecular weight excluding hydrogens is 368 g/mol. The van der Waals surface area contributed by atoms with Crippen molar-refractivity contribution >= 4 is 0 Å². The number of unbranched alkanes of at least 4 members (excludes halogenated alkanes) is 10. The molecule has 170 valence electrons. The second-order valence-electron chi connectivity index (χ2n) is 8.98. The molecule has 0 aliphatic carbocycles. The van der Waals surface area contributed by atoms with Gasteiger partial charge in [-0.2, -0.15) is 0 Å². The van der Waals surface area contributed by atoms with Crippen LogP contribution in [-0.2, 0) is 12.8 Å². The standard InChI is InChI=1S/C28H46O2/c1-4-7-10-11-12-13-14-15-16-19-26(27-22-20-24(29-27)17-8-5-2)28-23-21-25(30-28)18-9-6-3/h20-23,26H,4-19H2,1-3H3. The van der Waals surface area contributed by atoms with Crippen LogP contribution in [-0.4, -0.2) is 0 Å². The maximum absolute atomic E-state index is 6.27. The van der Waals surface area contributed by atoms with E-state index in [-0.39, 0.29) is 5.92 Å². The molecule has 0 aliphatic heterocycles. The predicted octanol–water partition coefficient (Wildman–Crippen LogP) is 9.61. The van der Waals surface area contributed by atoms with Gasteiger partial charge in [-0.3, -0.25) is 0 Å². The van der Waals surface area contributed by atoms with Gasteiger partial charge in [0.25, 0.3) is 0 Å². The van der Waals surface area contributed by atoms with Gasteiger partial charge in [0, 0.05) is 12.8 Å². The van der Waals surface area contributed by atoms with E-state index in [4.69, 9.17) is 8.83 Å². The van der Waals surface area contributed by atoms with Crippen molar-refractivity contribution in [2.75, 3.05) is 0 Å². The monoisotopic (exact) mass is 414 g/mol. The van der Waals surface area contributed by atoms with Crippen molar-refractivity contribution in [1.29, 1.82) is 0 Å². The van der Waals surface area contributed by atoms with Gasteiger partial charge in [0.1, 0.15) is 23.0 Å². The molecule has 0 bridgehead atoms. The average Bonchev–Trinajstić information content (AvgIpc) is 3.42. The van der Waals surface area contributed by atoms with Crippen molar-refractivity contribution < 1.29 is 8.83 Å². The van der Waals surface area contributed by atoms with Gasteiger partial charge in [-0.1, -0.05) is 91.4 Å². The third-order valence-corrected chi connectivity index (χ3v) is 6.20. The highest BCUT2D eigenvalue weighted by Gasteiger charge is 2.21. The van der Waals surface area contributed by atoms with Crippen LogP contribution in [0.25, 0.3) is 0 Å². The van der Waals surface area contributed by atoms with Gasteiger partial charge in [-0.25, -0.2) is 0 Å². The Morgan fingerprint density at radius 2 is 0.967 bits per heavy atom. The molecule has 30 heavy (non-hydrogen) atoms. The van der Waals surface area contributed by atoms with Gasteiger partial charge in [-0.15, -0.1) is 0 Å². The minimum absolute atomic E-state index is 0.264. The van der Waals surface area contributed by atoms with Crippen LogP contribution in [0.3, 0.4) is 0 Å².